The topological polar surface area (TPSA) is 92.0 Å². The Morgan fingerprint density at radius 1 is 1.25 bits per heavy atom. The number of aliphatic imine (C=N–C) groups is 1. The molecule has 0 aliphatic heterocycles. The van der Waals surface area contributed by atoms with Crippen molar-refractivity contribution in [1.82, 2.24) is 24.7 Å². The second-order valence-corrected chi connectivity index (χ2v) is 6.81. The number of hydrogen-bond donors (Lipinski definition) is 2. The van der Waals surface area contributed by atoms with Gasteiger partial charge in [0, 0.05) is 41.6 Å². The van der Waals surface area contributed by atoms with E-state index in [1.165, 1.54) is 0 Å². The maximum Gasteiger partial charge on any atom is 0.198 e. The standard InChI is InChI=1S/C21H22N6O/c1-5-27-13(3)8-19(26-27)24-14(4)20-15-9-17(16-10-22-7-6-12(16)2)23-11-18(15)25-21(20)28/h6-11,25,28H,5H2,1-4H3. The first-order valence-corrected chi connectivity index (χ1v) is 9.19. The summed E-state index contributed by atoms with van der Waals surface area (Å²) in [5.74, 6) is 0.702. The summed E-state index contributed by atoms with van der Waals surface area (Å²) < 4.78 is 1.90. The van der Waals surface area contributed by atoms with Crippen molar-refractivity contribution in [3.8, 4) is 17.1 Å². The first kappa shape index (κ1) is 17.9. The molecule has 7 heteroatoms. The van der Waals surface area contributed by atoms with Crippen molar-refractivity contribution in [2.45, 2.75) is 34.2 Å². The van der Waals surface area contributed by atoms with Crippen molar-refractivity contribution in [2.24, 2.45) is 4.99 Å². The molecule has 0 saturated carbocycles. The summed E-state index contributed by atoms with van der Waals surface area (Å²) in [5.41, 5.74) is 6.00. The van der Waals surface area contributed by atoms with Gasteiger partial charge in [0.15, 0.2) is 11.7 Å². The minimum Gasteiger partial charge on any atom is -0.494 e. The SMILES string of the molecule is CCn1nc(N=C(C)c2c(O)[nH]c3cnc(-c4cnccc4C)cc23)cc1C. The molecule has 4 aromatic heterocycles. The maximum atomic E-state index is 10.5. The van der Waals surface area contributed by atoms with Gasteiger partial charge < -0.3 is 10.1 Å². The molecule has 0 spiro atoms. The average Bonchev–Trinajstić information content (AvgIpc) is 3.19. The molecule has 28 heavy (non-hydrogen) atoms. The molecule has 0 amide bonds. The molecule has 0 bridgehead atoms. The van der Waals surface area contributed by atoms with E-state index in [0.29, 0.717) is 17.1 Å². The van der Waals surface area contributed by atoms with E-state index in [4.69, 9.17) is 0 Å². The predicted octanol–water partition coefficient (Wildman–Crippen LogP) is 4.30. The number of fused-ring (bicyclic) bond motifs is 1. The number of aryl methyl sites for hydroxylation is 3. The first-order chi connectivity index (χ1) is 13.5. The van der Waals surface area contributed by atoms with Crippen molar-refractivity contribution < 1.29 is 5.11 Å². The van der Waals surface area contributed by atoms with Gasteiger partial charge in [-0.15, -0.1) is 0 Å². The van der Waals surface area contributed by atoms with E-state index in [1.807, 2.05) is 50.6 Å². The summed E-state index contributed by atoms with van der Waals surface area (Å²) in [6, 6.07) is 5.85. The van der Waals surface area contributed by atoms with Crippen molar-refractivity contribution in [3.63, 3.8) is 0 Å². The minimum atomic E-state index is 0.0738. The molecule has 0 atom stereocenters. The third-order valence-corrected chi connectivity index (χ3v) is 4.89. The lowest BCUT2D eigenvalue weighted by atomic mass is 10.0. The van der Waals surface area contributed by atoms with Gasteiger partial charge in [0.05, 0.1) is 28.7 Å². The zero-order chi connectivity index (χ0) is 19.8. The molecule has 0 unspecified atom stereocenters. The fraction of sp³-hybridized carbons (Fsp3) is 0.238. The molecule has 142 valence electrons. The van der Waals surface area contributed by atoms with Crippen molar-refractivity contribution in [1.29, 1.82) is 0 Å². The molecule has 4 aromatic rings. The molecule has 0 aromatic carbocycles. The van der Waals surface area contributed by atoms with Crippen molar-refractivity contribution in [2.75, 3.05) is 0 Å². The summed E-state index contributed by atoms with van der Waals surface area (Å²) >= 11 is 0. The highest BCUT2D eigenvalue weighted by Gasteiger charge is 2.16. The van der Waals surface area contributed by atoms with Gasteiger partial charge in [-0.25, -0.2) is 4.99 Å². The number of aromatic nitrogens is 5. The Bertz CT molecular complexity index is 1200. The van der Waals surface area contributed by atoms with Crippen LogP contribution in [0.5, 0.6) is 5.88 Å². The van der Waals surface area contributed by atoms with Crippen LogP contribution in [-0.2, 0) is 6.54 Å². The summed E-state index contributed by atoms with van der Waals surface area (Å²) in [4.78, 5) is 16.4. The van der Waals surface area contributed by atoms with Gasteiger partial charge >= 0.3 is 0 Å². The summed E-state index contributed by atoms with van der Waals surface area (Å²) in [7, 11) is 0. The van der Waals surface area contributed by atoms with Crippen LogP contribution >= 0.6 is 0 Å². The summed E-state index contributed by atoms with van der Waals surface area (Å²) in [6.07, 6.45) is 5.29. The van der Waals surface area contributed by atoms with Gasteiger partial charge in [-0.05, 0) is 45.4 Å². The first-order valence-electron chi connectivity index (χ1n) is 9.19. The number of hydrogen-bond acceptors (Lipinski definition) is 5. The molecule has 4 heterocycles. The van der Waals surface area contributed by atoms with Crippen LogP contribution < -0.4 is 0 Å². The number of H-pyrrole nitrogens is 1. The summed E-state index contributed by atoms with van der Waals surface area (Å²) in [6.45, 7) is 8.73. The lowest BCUT2D eigenvalue weighted by molar-refractivity contribution is 0.457. The normalized spacial score (nSPS) is 12.1. The molecule has 0 radical (unpaired) electrons. The van der Waals surface area contributed by atoms with Crippen LogP contribution in [-0.4, -0.2) is 35.6 Å². The highest BCUT2D eigenvalue weighted by Crippen LogP contribution is 2.32. The Morgan fingerprint density at radius 3 is 2.79 bits per heavy atom. The van der Waals surface area contributed by atoms with Crippen LogP contribution in [0.1, 0.15) is 30.7 Å². The Kier molecular flexibility index (Phi) is 4.43. The van der Waals surface area contributed by atoms with Crippen LogP contribution in [0.25, 0.3) is 22.2 Å². The minimum absolute atomic E-state index is 0.0738. The lowest BCUT2D eigenvalue weighted by Gasteiger charge is -2.05. The molecular weight excluding hydrogens is 352 g/mol. The average molecular weight is 374 g/mol. The van der Waals surface area contributed by atoms with E-state index in [2.05, 4.69) is 25.0 Å². The van der Waals surface area contributed by atoms with Crippen LogP contribution in [0.3, 0.4) is 0 Å². The Morgan fingerprint density at radius 2 is 2.07 bits per heavy atom. The Balaban J connectivity index is 1.84. The molecule has 4 rings (SSSR count). The number of pyridine rings is 2. The second kappa shape index (κ2) is 6.92. The monoisotopic (exact) mass is 374 g/mol. The lowest BCUT2D eigenvalue weighted by Crippen LogP contribution is -1.98. The largest absolute Gasteiger partial charge is 0.494 e. The van der Waals surface area contributed by atoms with Crippen LogP contribution in [0, 0.1) is 13.8 Å². The van der Waals surface area contributed by atoms with Gasteiger partial charge in [0.1, 0.15) is 0 Å². The van der Waals surface area contributed by atoms with Crippen molar-refractivity contribution >= 4 is 22.4 Å². The predicted molar refractivity (Wildman–Crippen MR) is 110 cm³/mol. The fourth-order valence-electron chi connectivity index (χ4n) is 3.42. The smallest absolute Gasteiger partial charge is 0.198 e. The molecule has 0 aliphatic rings. The molecule has 0 saturated heterocycles. The van der Waals surface area contributed by atoms with Crippen molar-refractivity contribution in [3.05, 3.63) is 53.6 Å². The van der Waals surface area contributed by atoms with Gasteiger partial charge in [-0.3, -0.25) is 14.6 Å². The van der Waals surface area contributed by atoms with Crippen LogP contribution in [0.15, 0.2) is 41.8 Å². The van der Waals surface area contributed by atoms with Gasteiger partial charge in [-0.2, -0.15) is 5.10 Å². The molecule has 0 fully saturated rings. The molecule has 0 aliphatic carbocycles. The van der Waals surface area contributed by atoms with E-state index in [0.717, 1.165) is 40.0 Å². The molecule has 7 nitrogen and oxygen atoms in total. The zero-order valence-electron chi connectivity index (χ0n) is 16.4. The van der Waals surface area contributed by atoms with E-state index in [1.54, 1.807) is 18.6 Å². The van der Waals surface area contributed by atoms with Gasteiger partial charge in [-0.1, -0.05) is 0 Å². The summed E-state index contributed by atoms with van der Waals surface area (Å²) in [5, 5.41) is 15.8. The second-order valence-electron chi connectivity index (χ2n) is 6.81. The highest BCUT2D eigenvalue weighted by atomic mass is 16.3. The molecule has 2 N–H and O–H groups in total. The Labute approximate surface area is 162 Å². The number of nitrogens with zero attached hydrogens (tertiary/aromatic N) is 5. The van der Waals surface area contributed by atoms with E-state index in [-0.39, 0.29) is 5.88 Å². The number of nitrogens with one attached hydrogen (secondary N) is 1. The van der Waals surface area contributed by atoms with E-state index >= 15 is 0 Å². The number of aromatic hydroxyl groups is 1. The van der Waals surface area contributed by atoms with Gasteiger partial charge in [0.25, 0.3) is 0 Å². The van der Waals surface area contributed by atoms with Gasteiger partial charge in [0.2, 0.25) is 0 Å². The highest BCUT2D eigenvalue weighted by molar-refractivity contribution is 6.13. The third-order valence-electron chi connectivity index (χ3n) is 4.89. The quantitative estimate of drug-likeness (QED) is 0.521. The maximum absolute atomic E-state index is 10.5. The zero-order valence-corrected chi connectivity index (χ0v) is 16.4. The van der Waals surface area contributed by atoms with Crippen LogP contribution in [0.4, 0.5) is 5.82 Å². The van der Waals surface area contributed by atoms with E-state index < -0.39 is 0 Å². The van der Waals surface area contributed by atoms with Crippen LogP contribution in [0.2, 0.25) is 0 Å². The fourth-order valence-corrected chi connectivity index (χ4v) is 3.42. The molecular formula is C21H22N6O. The Hall–Kier alpha value is -3.48. The third kappa shape index (κ3) is 3.05. The number of aromatic amines is 1. The van der Waals surface area contributed by atoms with E-state index in [9.17, 15) is 5.11 Å². The number of rotatable bonds is 4.